The minimum atomic E-state index is 0.540. The molecule has 6 nitrogen and oxygen atoms in total. The first-order chi connectivity index (χ1) is 14.4. The number of aromatic nitrogens is 5. The first-order valence-corrected chi connectivity index (χ1v) is 12.7. The molecule has 3 rings (SSSR count). The Kier molecular flexibility index (Phi) is 9.72. The zero-order chi connectivity index (χ0) is 20.2. The minimum Gasteiger partial charge on any atom is -0.341 e. The van der Waals surface area contributed by atoms with Crippen LogP contribution < -0.4 is 5.32 Å². The van der Waals surface area contributed by atoms with E-state index in [2.05, 4.69) is 32.7 Å². The van der Waals surface area contributed by atoms with Crippen LogP contribution in [0.1, 0.15) is 71.1 Å². The number of para-hydroxylation sites is 1. The zero-order valence-electron chi connectivity index (χ0n) is 17.3. The molecular weight excluding hydrogens is 400 g/mol. The molecule has 158 valence electrons. The third-order valence-corrected chi connectivity index (χ3v) is 7.03. The van der Waals surface area contributed by atoms with Crippen molar-refractivity contribution in [2.45, 2.75) is 82.1 Å². The highest BCUT2D eigenvalue weighted by Gasteiger charge is 2.07. The van der Waals surface area contributed by atoms with Gasteiger partial charge in [0.25, 0.3) is 0 Å². The Morgan fingerprint density at radius 1 is 0.897 bits per heavy atom. The summed E-state index contributed by atoms with van der Waals surface area (Å²) < 4.78 is 2.87. The average Bonchev–Trinajstić information content (AvgIpc) is 3.37. The van der Waals surface area contributed by atoms with Gasteiger partial charge in [-0.15, -0.1) is 15.3 Å². The number of nitrogens with one attached hydrogen (secondary N) is 1. The highest BCUT2D eigenvalue weighted by molar-refractivity contribution is 8.01. The highest BCUT2D eigenvalue weighted by atomic mass is 32.2. The number of unbranched alkanes of at least 4 members (excludes halogenated alkanes) is 9. The Bertz CT molecular complexity index is 831. The molecule has 0 spiro atoms. The number of benzene rings is 1. The van der Waals surface area contributed by atoms with E-state index in [4.69, 9.17) is 0 Å². The summed E-state index contributed by atoms with van der Waals surface area (Å²) in [7, 11) is 0. The molecule has 2 heterocycles. The van der Waals surface area contributed by atoms with Crippen molar-refractivity contribution < 1.29 is 0 Å². The number of nitrogens with zero attached hydrogens (tertiary/aromatic N) is 5. The van der Waals surface area contributed by atoms with Crippen molar-refractivity contribution in [3.63, 3.8) is 0 Å². The molecule has 0 aliphatic carbocycles. The maximum atomic E-state index is 4.28. The van der Waals surface area contributed by atoms with E-state index < -0.39 is 0 Å². The smallest absolute Gasteiger partial charge is 0.207 e. The largest absolute Gasteiger partial charge is 0.341 e. The van der Waals surface area contributed by atoms with Crippen LogP contribution in [0.4, 0.5) is 5.13 Å². The lowest BCUT2D eigenvalue weighted by atomic mass is 10.1. The van der Waals surface area contributed by atoms with Crippen LogP contribution in [-0.2, 0) is 6.67 Å². The van der Waals surface area contributed by atoms with Gasteiger partial charge in [-0.2, -0.15) is 0 Å². The van der Waals surface area contributed by atoms with Gasteiger partial charge < -0.3 is 5.32 Å². The SMILES string of the molecule is CCCCCCCCCCCCSc1nnc(NCn2nnc3ccccc32)s1. The molecule has 3 aromatic rings. The van der Waals surface area contributed by atoms with E-state index in [1.165, 1.54) is 64.2 Å². The van der Waals surface area contributed by atoms with Crippen LogP contribution in [0.25, 0.3) is 11.0 Å². The predicted molar refractivity (Wildman–Crippen MR) is 124 cm³/mol. The molecule has 0 saturated carbocycles. The second-order valence-corrected chi connectivity index (χ2v) is 9.64. The van der Waals surface area contributed by atoms with Gasteiger partial charge in [0.1, 0.15) is 12.2 Å². The molecule has 0 saturated heterocycles. The molecule has 0 radical (unpaired) electrons. The molecule has 1 N–H and O–H groups in total. The van der Waals surface area contributed by atoms with Crippen LogP contribution in [0.3, 0.4) is 0 Å². The minimum absolute atomic E-state index is 0.540. The number of hydrogen-bond acceptors (Lipinski definition) is 7. The Balaban J connectivity index is 1.25. The van der Waals surface area contributed by atoms with E-state index in [0.29, 0.717) is 6.67 Å². The van der Waals surface area contributed by atoms with Crippen molar-refractivity contribution in [1.29, 1.82) is 0 Å². The van der Waals surface area contributed by atoms with Crippen molar-refractivity contribution in [3.05, 3.63) is 24.3 Å². The molecule has 1 aromatic carbocycles. The van der Waals surface area contributed by atoms with Gasteiger partial charge in [0.05, 0.1) is 5.52 Å². The summed E-state index contributed by atoms with van der Waals surface area (Å²) in [5.74, 6) is 1.12. The first-order valence-electron chi connectivity index (χ1n) is 10.8. The molecule has 8 heteroatoms. The third-order valence-electron chi connectivity index (χ3n) is 4.93. The second-order valence-electron chi connectivity index (χ2n) is 7.32. The molecule has 0 bridgehead atoms. The van der Waals surface area contributed by atoms with Gasteiger partial charge in [-0.3, -0.25) is 0 Å². The molecular formula is C21H32N6S2. The maximum absolute atomic E-state index is 4.28. The standard InChI is InChI=1S/C21H32N6S2/c1-2-3-4-5-6-7-8-9-10-13-16-28-21-25-24-20(29-21)22-17-27-19-15-12-11-14-18(19)23-26-27/h11-12,14-15H,2-10,13,16-17H2,1H3,(H,22,24). The average molecular weight is 433 g/mol. The number of thioether (sulfide) groups is 1. The van der Waals surface area contributed by atoms with Crippen LogP contribution in [0.5, 0.6) is 0 Å². The lowest BCUT2D eigenvalue weighted by molar-refractivity contribution is 0.563. The lowest BCUT2D eigenvalue weighted by Gasteiger charge is -2.02. The monoisotopic (exact) mass is 432 g/mol. The van der Waals surface area contributed by atoms with Gasteiger partial charge in [0.2, 0.25) is 5.13 Å². The Hall–Kier alpha value is -1.67. The van der Waals surface area contributed by atoms with Gasteiger partial charge in [-0.25, -0.2) is 4.68 Å². The summed E-state index contributed by atoms with van der Waals surface area (Å²) in [6, 6.07) is 7.95. The van der Waals surface area contributed by atoms with Crippen molar-refractivity contribution >= 4 is 39.3 Å². The van der Waals surface area contributed by atoms with Crippen LogP contribution >= 0.6 is 23.1 Å². The lowest BCUT2D eigenvalue weighted by Crippen LogP contribution is -2.09. The summed E-state index contributed by atoms with van der Waals surface area (Å²) in [6.45, 7) is 2.82. The van der Waals surface area contributed by atoms with Gasteiger partial charge in [-0.1, -0.05) is 105 Å². The molecule has 29 heavy (non-hydrogen) atoms. The second kappa shape index (κ2) is 12.8. The summed E-state index contributed by atoms with van der Waals surface area (Å²) in [6.07, 6.45) is 13.7. The quantitative estimate of drug-likeness (QED) is 0.222. The van der Waals surface area contributed by atoms with Crippen molar-refractivity contribution in [2.75, 3.05) is 11.1 Å². The molecule has 0 fully saturated rings. The molecule has 0 aliphatic rings. The number of hydrogen-bond donors (Lipinski definition) is 1. The Morgan fingerprint density at radius 2 is 1.62 bits per heavy atom. The van der Waals surface area contributed by atoms with E-state index in [-0.39, 0.29) is 0 Å². The number of fused-ring (bicyclic) bond motifs is 1. The number of anilines is 1. The topological polar surface area (TPSA) is 68.5 Å². The fourth-order valence-electron chi connectivity index (χ4n) is 3.27. The van der Waals surface area contributed by atoms with E-state index in [9.17, 15) is 0 Å². The summed E-state index contributed by atoms with van der Waals surface area (Å²) in [5.41, 5.74) is 1.92. The van der Waals surface area contributed by atoms with Crippen molar-refractivity contribution in [2.24, 2.45) is 0 Å². The fraction of sp³-hybridized carbons (Fsp3) is 0.619. The third kappa shape index (κ3) is 7.59. The molecule has 0 amide bonds. The van der Waals surface area contributed by atoms with Gasteiger partial charge in [-0.05, 0) is 18.6 Å². The summed E-state index contributed by atoms with van der Waals surface area (Å²) in [4.78, 5) is 0. The maximum Gasteiger partial charge on any atom is 0.207 e. The van der Waals surface area contributed by atoms with Crippen molar-refractivity contribution in [3.8, 4) is 0 Å². The van der Waals surface area contributed by atoms with E-state index in [0.717, 1.165) is 26.3 Å². The Labute approximate surface area is 181 Å². The predicted octanol–water partition coefficient (Wildman–Crippen LogP) is 6.37. The highest BCUT2D eigenvalue weighted by Crippen LogP contribution is 2.26. The fourth-order valence-corrected chi connectivity index (χ4v) is 5.07. The zero-order valence-corrected chi connectivity index (χ0v) is 19.0. The van der Waals surface area contributed by atoms with Gasteiger partial charge >= 0.3 is 0 Å². The van der Waals surface area contributed by atoms with Crippen LogP contribution in [-0.4, -0.2) is 30.9 Å². The number of rotatable bonds is 15. The van der Waals surface area contributed by atoms with E-state index in [1.54, 1.807) is 11.3 Å². The van der Waals surface area contributed by atoms with E-state index in [1.807, 2.05) is 40.7 Å². The molecule has 0 aliphatic heterocycles. The van der Waals surface area contributed by atoms with Crippen LogP contribution in [0, 0.1) is 0 Å². The van der Waals surface area contributed by atoms with E-state index >= 15 is 0 Å². The normalized spacial score (nSPS) is 11.3. The molecule has 0 unspecified atom stereocenters. The molecule has 2 aromatic heterocycles. The van der Waals surface area contributed by atoms with Gasteiger partial charge in [0, 0.05) is 5.75 Å². The van der Waals surface area contributed by atoms with Crippen LogP contribution in [0.15, 0.2) is 28.6 Å². The first kappa shape index (κ1) is 22.0. The van der Waals surface area contributed by atoms with Gasteiger partial charge in [0.15, 0.2) is 4.34 Å². The summed E-state index contributed by atoms with van der Waals surface area (Å²) in [5, 5.41) is 21.0. The summed E-state index contributed by atoms with van der Waals surface area (Å²) >= 11 is 3.42. The Morgan fingerprint density at radius 3 is 2.41 bits per heavy atom. The van der Waals surface area contributed by atoms with Crippen molar-refractivity contribution in [1.82, 2.24) is 25.2 Å². The molecule has 0 atom stereocenters. The van der Waals surface area contributed by atoms with Crippen LogP contribution in [0.2, 0.25) is 0 Å².